The van der Waals surface area contributed by atoms with Crippen molar-refractivity contribution in [1.82, 2.24) is 24.6 Å². The molecule has 4 rings (SSSR count). The third-order valence-electron chi connectivity index (χ3n) is 5.46. The van der Waals surface area contributed by atoms with Crippen LogP contribution in [0.15, 0.2) is 35.1 Å². The molecule has 2 aromatic rings. The number of hydrogen-bond acceptors (Lipinski definition) is 4. The van der Waals surface area contributed by atoms with E-state index in [1.54, 1.807) is 11.6 Å². The van der Waals surface area contributed by atoms with Crippen LogP contribution >= 0.6 is 0 Å². The van der Waals surface area contributed by atoms with E-state index in [9.17, 15) is 14.4 Å². The number of benzene rings is 1. The number of carbonyl (C=O) groups excluding carboxylic acids is 2. The highest BCUT2D eigenvalue weighted by Crippen LogP contribution is 2.28. The molecular formula is C19H23N5O3. The first-order chi connectivity index (χ1) is 13.0. The summed E-state index contributed by atoms with van der Waals surface area (Å²) in [7, 11) is 1.66. The Morgan fingerprint density at radius 1 is 1.15 bits per heavy atom. The lowest BCUT2D eigenvalue weighted by molar-refractivity contribution is -0.136. The third kappa shape index (κ3) is 3.27. The van der Waals surface area contributed by atoms with Gasteiger partial charge in [-0.1, -0.05) is 18.2 Å². The first-order valence-corrected chi connectivity index (χ1v) is 9.31. The maximum Gasteiger partial charge on any atom is 0.350 e. The molecule has 2 fully saturated rings. The summed E-state index contributed by atoms with van der Waals surface area (Å²) in [5, 5.41) is 7.20. The van der Waals surface area contributed by atoms with E-state index in [-0.39, 0.29) is 35.8 Å². The van der Waals surface area contributed by atoms with Crippen LogP contribution in [0.25, 0.3) is 5.69 Å². The average molecular weight is 369 g/mol. The molecule has 2 aliphatic heterocycles. The number of amides is 2. The summed E-state index contributed by atoms with van der Waals surface area (Å²) < 4.78 is 3.04. The quantitative estimate of drug-likeness (QED) is 0.849. The Balaban J connectivity index is 1.51. The highest BCUT2D eigenvalue weighted by Gasteiger charge is 2.34. The van der Waals surface area contributed by atoms with Crippen molar-refractivity contribution in [3.63, 3.8) is 0 Å². The molecule has 27 heavy (non-hydrogen) atoms. The van der Waals surface area contributed by atoms with E-state index in [1.807, 2.05) is 35.2 Å². The summed E-state index contributed by atoms with van der Waals surface area (Å²) in [6, 6.07) is 9.51. The van der Waals surface area contributed by atoms with E-state index >= 15 is 0 Å². The molecule has 0 spiro atoms. The van der Waals surface area contributed by atoms with Crippen molar-refractivity contribution in [3.8, 4) is 5.69 Å². The summed E-state index contributed by atoms with van der Waals surface area (Å²) in [5.74, 6) is 0.619. The number of aryl methyl sites for hydroxylation is 1. The van der Waals surface area contributed by atoms with Crippen LogP contribution in [0.5, 0.6) is 0 Å². The number of rotatable bonds is 3. The molecular weight excluding hydrogens is 346 g/mol. The van der Waals surface area contributed by atoms with Crippen LogP contribution in [0.1, 0.15) is 31.0 Å². The van der Waals surface area contributed by atoms with Gasteiger partial charge in [0.2, 0.25) is 11.8 Å². The first kappa shape index (κ1) is 17.5. The van der Waals surface area contributed by atoms with Crippen LogP contribution in [0.4, 0.5) is 0 Å². The molecule has 1 N–H and O–H groups in total. The third-order valence-corrected chi connectivity index (χ3v) is 5.46. The van der Waals surface area contributed by atoms with Gasteiger partial charge in [-0.3, -0.25) is 9.59 Å². The summed E-state index contributed by atoms with van der Waals surface area (Å²) in [4.78, 5) is 38.4. The maximum atomic E-state index is 12.6. The molecule has 1 unspecified atom stereocenters. The fraction of sp³-hybridized carbons (Fsp3) is 0.474. The van der Waals surface area contributed by atoms with Crippen LogP contribution in [0, 0.1) is 5.92 Å². The molecule has 0 radical (unpaired) electrons. The van der Waals surface area contributed by atoms with E-state index in [4.69, 9.17) is 0 Å². The number of para-hydroxylation sites is 1. The molecule has 2 aliphatic rings. The second kappa shape index (κ2) is 7.02. The Bertz CT molecular complexity index is 909. The lowest BCUT2D eigenvalue weighted by atomic mass is 9.94. The minimum atomic E-state index is -0.244. The van der Waals surface area contributed by atoms with Gasteiger partial charge in [0.25, 0.3) is 0 Å². The van der Waals surface area contributed by atoms with Gasteiger partial charge in [-0.15, -0.1) is 0 Å². The number of piperidine rings is 1. The second-order valence-electron chi connectivity index (χ2n) is 7.24. The predicted molar refractivity (Wildman–Crippen MR) is 98.5 cm³/mol. The van der Waals surface area contributed by atoms with Gasteiger partial charge in [0.05, 0.1) is 11.6 Å². The lowest BCUT2D eigenvalue weighted by Gasteiger charge is -2.33. The molecule has 0 aliphatic carbocycles. The number of likely N-dealkylation sites (tertiary alicyclic amines) is 1. The van der Waals surface area contributed by atoms with Gasteiger partial charge in [0.15, 0.2) is 0 Å². The summed E-state index contributed by atoms with van der Waals surface area (Å²) in [5.41, 5.74) is 0.643. The zero-order valence-electron chi connectivity index (χ0n) is 15.3. The van der Waals surface area contributed by atoms with Crippen LogP contribution in [-0.2, 0) is 16.6 Å². The summed E-state index contributed by atoms with van der Waals surface area (Å²) in [6.45, 7) is 1.67. The number of carbonyl (C=O) groups is 2. The first-order valence-electron chi connectivity index (χ1n) is 9.31. The Labute approximate surface area is 156 Å². The monoisotopic (exact) mass is 369 g/mol. The molecule has 2 saturated heterocycles. The van der Waals surface area contributed by atoms with Crippen molar-refractivity contribution < 1.29 is 9.59 Å². The normalized spacial score (nSPS) is 20.7. The minimum Gasteiger partial charge on any atom is -0.355 e. The molecule has 8 nitrogen and oxygen atoms in total. The van der Waals surface area contributed by atoms with Gasteiger partial charge < -0.3 is 10.2 Å². The molecule has 1 aromatic heterocycles. The Morgan fingerprint density at radius 3 is 2.48 bits per heavy atom. The second-order valence-corrected chi connectivity index (χ2v) is 7.24. The van der Waals surface area contributed by atoms with Crippen LogP contribution < -0.4 is 11.0 Å². The Kier molecular flexibility index (Phi) is 4.55. The fourth-order valence-electron chi connectivity index (χ4n) is 3.96. The molecule has 1 atom stereocenters. The predicted octanol–water partition coefficient (Wildman–Crippen LogP) is 0.413. The smallest absolute Gasteiger partial charge is 0.350 e. The standard InChI is InChI=1S/C19H23N5O3/c1-22-19(27)24(15-5-3-2-4-6-15)17(21-22)13-7-9-23(10-8-13)18(26)14-11-16(25)20-12-14/h2-6,13-14H,7-12H2,1H3,(H,20,25). The number of aromatic nitrogens is 3. The molecule has 3 heterocycles. The van der Waals surface area contributed by atoms with Gasteiger partial charge in [0.1, 0.15) is 5.82 Å². The summed E-state index contributed by atoms with van der Waals surface area (Å²) >= 11 is 0. The zero-order valence-corrected chi connectivity index (χ0v) is 15.3. The van der Waals surface area contributed by atoms with Gasteiger partial charge in [-0.25, -0.2) is 14.0 Å². The molecule has 2 amide bonds. The SMILES string of the molecule is Cn1nc(C2CCN(C(=O)C3CNC(=O)C3)CC2)n(-c2ccccc2)c1=O. The summed E-state index contributed by atoms with van der Waals surface area (Å²) in [6.07, 6.45) is 1.79. The minimum absolute atomic E-state index is 0.0493. The number of hydrogen-bond donors (Lipinski definition) is 1. The average Bonchev–Trinajstić information content (AvgIpc) is 3.26. The van der Waals surface area contributed by atoms with E-state index in [0.29, 0.717) is 19.6 Å². The van der Waals surface area contributed by atoms with Gasteiger partial charge in [-0.05, 0) is 25.0 Å². The maximum absolute atomic E-state index is 12.6. The molecule has 0 bridgehead atoms. The van der Waals surface area contributed by atoms with E-state index < -0.39 is 0 Å². The van der Waals surface area contributed by atoms with Gasteiger partial charge in [-0.2, -0.15) is 5.10 Å². The van der Waals surface area contributed by atoms with E-state index in [1.165, 1.54) is 4.68 Å². The zero-order chi connectivity index (χ0) is 19.0. The van der Waals surface area contributed by atoms with E-state index in [0.717, 1.165) is 24.4 Å². The van der Waals surface area contributed by atoms with Crippen LogP contribution in [0.2, 0.25) is 0 Å². The highest BCUT2D eigenvalue weighted by molar-refractivity contribution is 5.89. The molecule has 142 valence electrons. The van der Waals surface area contributed by atoms with Gasteiger partial charge >= 0.3 is 5.69 Å². The van der Waals surface area contributed by atoms with Crippen LogP contribution in [0.3, 0.4) is 0 Å². The lowest BCUT2D eigenvalue weighted by Crippen LogP contribution is -2.42. The van der Waals surface area contributed by atoms with E-state index in [2.05, 4.69) is 10.4 Å². The van der Waals surface area contributed by atoms with Crippen molar-refractivity contribution in [3.05, 3.63) is 46.6 Å². The topological polar surface area (TPSA) is 89.2 Å². The van der Waals surface area contributed by atoms with Crippen LogP contribution in [-0.4, -0.2) is 50.7 Å². The van der Waals surface area contributed by atoms with Crippen molar-refractivity contribution in [2.45, 2.75) is 25.2 Å². The Hall–Kier alpha value is -2.90. The molecule has 1 aromatic carbocycles. The molecule has 0 saturated carbocycles. The highest BCUT2D eigenvalue weighted by atomic mass is 16.2. The largest absolute Gasteiger partial charge is 0.355 e. The van der Waals surface area contributed by atoms with Gasteiger partial charge in [0, 0.05) is 39.0 Å². The molecule has 8 heteroatoms. The van der Waals surface area contributed by atoms with Crippen molar-refractivity contribution in [2.24, 2.45) is 13.0 Å². The Morgan fingerprint density at radius 2 is 1.85 bits per heavy atom. The number of nitrogens with zero attached hydrogens (tertiary/aromatic N) is 4. The van der Waals surface area contributed by atoms with Crippen molar-refractivity contribution in [2.75, 3.05) is 19.6 Å². The van der Waals surface area contributed by atoms with Crippen molar-refractivity contribution >= 4 is 11.8 Å². The fourth-order valence-corrected chi connectivity index (χ4v) is 3.96. The number of nitrogens with one attached hydrogen (secondary N) is 1. The van der Waals surface area contributed by atoms with Crippen molar-refractivity contribution in [1.29, 1.82) is 0 Å².